The van der Waals surface area contributed by atoms with Crippen LogP contribution in [0, 0.1) is 0 Å². The summed E-state index contributed by atoms with van der Waals surface area (Å²) < 4.78 is 5.01. The molecule has 0 fully saturated rings. The minimum Gasteiger partial charge on any atom is -0.497 e. The van der Waals surface area contributed by atoms with E-state index in [9.17, 15) is 0 Å². The number of hydrogen-bond acceptors (Lipinski definition) is 3. The molecular weight excluding hydrogens is 202 g/mol. The Morgan fingerprint density at radius 1 is 1.36 bits per heavy atom. The Morgan fingerprint density at radius 2 is 1.86 bits per heavy atom. The summed E-state index contributed by atoms with van der Waals surface area (Å²) >= 11 is 0. The third kappa shape index (κ3) is 2.87. The molecule has 0 bridgehead atoms. The number of benzene rings is 1. The van der Waals surface area contributed by atoms with Gasteiger partial charge in [-0.1, -0.05) is 12.1 Å². The van der Waals surface area contributed by atoms with E-state index in [1.165, 1.54) is 0 Å². The van der Waals surface area contributed by atoms with Gasteiger partial charge in [0.15, 0.2) is 0 Å². The largest absolute Gasteiger partial charge is 0.497 e. The number of halogens is 1. The van der Waals surface area contributed by atoms with Gasteiger partial charge in [-0.25, -0.2) is 0 Å². The molecule has 0 aliphatic carbocycles. The first-order chi connectivity index (χ1) is 6.10. The highest BCUT2D eigenvalue weighted by Gasteiger charge is 2.19. The number of aliphatic hydroxyl groups is 1. The van der Waals surface area contributed by atoms with Crippen LogP contribution in [-0.2, 0) is 5.54 Å². The monoisotopic (exact) mass is 217 g/mol. The van der Waals surface area contributed by atoms with E-state index in [4.69, 9.17) is 15.6 Å². The zero-order valence-corrected chi connectivity index (χ0v) is 9.17. The van der Waals surface area contributed by atoms with Crippen molar-refractivity contribution >= 4 is 12.4 Å². The molecule has 3 N–H and O–H groups in total. The van der Waals surface area contributed by atoms with Crippen molar-refractivity contribution in [1.82, 2.24) is 0 Å². The van der Waals surface area contributed by atoms with Crippen molar-refractivity contribution in [3.63, 3.8) is 0 Å². The fourth-order valence-electron chi connectivity index (χ4n) is 1.06. The lowest BCUT2D eigenvalue weighted by Gasteiger charge is -2.22. The minimum absolute atomic E-state index is 0. The molecule has 4 heteroatoms. The van der Waals surface area contributed by atoms with Crippen LogP contribution >= 0.6 is 12.4 Å². The van der Waals surface area contributed by atoms with Crippen LogP contribution in [0.2, 0.25) is 0 Å². The summed E-state index contributed by atoms with van der Waals surface area (Å²) in [6.07, 6.45) is 0. The Hall–Kier alpha value is -0.770. The van der Waals surface area contributed by atoms with Crippen LogP contribution in [0.5, 0.6) is 5.75 Å². The molecule has 14 heavy (non-hydrogen) atoms. The highest BCUT2D eigenvalue weighted by molar-refractivity contribution is 5.85. The molecule has 80 valence electrons. The molecule has 3 nitrogen and oxygen atoms in total. The predicted octanol–water partition coefficient (Wildman–Crippen LogP) is 1.28. The second-order valence-corrected chi connectivity index (χ2v) is 3.30. The van der Waals surface area contributed by atoms with Gasteiger partial charge in [0.2, 0.25) is 0 Å². The SMILES string of the molecule is COc1ccc(C(C)(N)CO)cc1.Cl. The molecule has 1 aromatic carbocycles. The zero-order chi connectivity index (χ0) is 9.90. The molecule has 0 amide bonds. The van der Waals surface area contributed by atoms with Gasteiger partial charge in [-0.3, -0.25) is 0 Å². The highest BCUT2D eigenvalue weighted by Crippen LogP contribution is 2.19. The van der Waals surface area contributed by atoms with Gasteiger partial charge in [-0.15, -0.1) is 12.4 Å². The van der Waals surface area contributed by atoms with E-state index in [0.29, 0.717) is 0 Å². The number of ether oxygens (including phenoxy) is 1. The van der Waals surface area contributed by atoms with Gasteiger partial charge < -0.3 is 15.6 Å². The van der Waals surface area contributed by atoms with Gasteiger partial charge in [0.1, 0.15) is 5.75 Å². The van der Waals surface area contributed by atoms with Gasteiger partial charge >= 0.3 is 0 Å². The van der Waals surface area contributed by atoms with Gasteiger partial charge in [0.05, 0.1) is 19.3 Å². The maximum Gasteiger partial charge on any atom is 0.118 e. The van der Waals surface area contributed by atoms with Crippen molar-refractivity contribution in [2.24, 2.45) is 5.73 Å². The summed E-state index contributed by atoms with van der Waals surface area (Å²) in [7, 11) is 1.61. The van der Waals surface area contributed by atoms with E-state index in [1.807, 2.05) is 24.3 Å². The second-order valence-electron chi connectivity index (χ2n) is 3.30. The lowest BCUT2D eigenvalue weighted by atomic mass is 9.94. The molecule has 0 aromatic heterocycles. The van der Waals surface area contributed by atoms with Gasteiger partial charge in [-0.05, 0) is 24.6 Å². The van der Waals surface area contributed by atoms with Crippen LogP contribution in [0.15, 0.2) is 24.3 Å². The summed E-state index contributed by atoms with van der Waals surface area (Å²) in [6, 6.07) is 7.37. The Bertz CT molecular complexity index is 272. The fraction of sp³-hybridized carbons (Fsp3) is 0.400. The number of hydrogen-bond donors (Lipinski definition) is 2. The van der Waals surface area contributed by atoms with E-state index in [2.05, 4.69) is 0 Å². The maximum absolute atomic E-state index is 9.02. The topological polar surface area (TPSA) is 55.5 Å². The lowest BCUT2D eigenvalue weighted by molar-refractivity contribution is 0.210. The van der Waals surface area contributed by atoms with Gasteiger partial charge in [0.25, 0.3) is 0 Å². The van der Waals surface area contributed by atoms with Crippen molar-refractivity contribution in [3.05, 3.63) is 29.8 Å². The first-order valence-electron chi connectivity index (χ1n) is 4.14. The Balaban J connectivity index is 0.00000169. The van der Waals surface area contributed by atoms with Crippen molar-refractivity contribution in [1.29, 1.82) is 0 Å². The fourth-order valence-corrected chi connectivity index (χ4v) is 1.06. The van der Waals surface area contributed by atoms with Crippen LogP contribution in [0.25, 0.3) is 0 Å². The quantitative estimate of drug-likeness (QED) is 0.802. The van der Waals surface area contributed by atoms with Gasteiger partial charge in [0, 0.05) is 0 Å². The zero-order valence-electron chi connectivity index (χ0n) is 8.36. The molecular formula is C10H16ClNO2. The normalized spacial score (nSPS) is 14.0. The molecule has 1 atom stereocenters. The van der Waals surface area contributed by atoms with Crippen LogP contribution in [-0.4, -0.2) is 18.8 Å². The van der Waals surface area contributed by atoms with Crippen LogP contribution in [0.1, 0.15) is 12.5 Å². The van der Waals surface area contributed by atoms with Crippen molar-refractivity contribution in [2.45, 2.75) is 12.5 Å². The second kappa shape index (κ2) is 5.20. The Morgan fingerprint density at radius 3 is 2.21 bits per heavy atom. The number of aliphatic hydroxyl groups excluding tert-OH is 1. The molecule has 0 aliphatic heterocycles. The van der Waals surface area contributed by atoms with Crippen molar-refractivity contribution in [2.75, 3.05) is 13.7 Å². The lowest BCUT2D eigenvalue weighted by Crippen LogP contribution is -2.36. The molecule has 1 rings (SSSR count). The Labute approximate surface area is 90.3 Å². The first-order valence-corrected chi connectivity index (χ1v) is 4.14. The van der Waals surface area contributed by atoms with Gasteiger partial charge in [-0.2, -0.15) is 0 Å². The molecule has 0 heterocycles. The van der Waals surface area contributed by atoms with E-state index < -0.39 is 5.54 Å². The number of nitrogens with two attached hydrogens (primary N) is 1. The summed E-state index contributed by atoms with van der Waals surface area (Å²) in [5.74, 6) is 0.789. The van der Waals surface area contributed by atoms with Crippen LogP contribution in [0.3, 0.4) is 0 Å². The number of rotatable bonds is 3. The molecule has 0 aliphatic rings. The van der Waals surface area contributed by atoms with E-state index in [-0.39, 0.29) is 19.0 Å². The molecule has 0 saturated heterocycles. The van der Waals surface area contributed by atoms with E-state index in [1.54, 1.807) is 14.0 Å². The third-order valence-corrected chi connectivity index (χ3v) is 2.08. The van der Waals surface area contributed by atoms with Crippen molar-refractivity contribution in [3.8, 4) is 5.75 Å². The smallest absolute Gasteiger partial charge is 0.118 e. The minimum atomic E-state index is -0.674. The summed E-state index contributed by atoms with van der Waals surface area (Å²) in [5.41, 5.74) is 6.06. The molecule has 1 aromatic rings. The third-order valence-electron chi connectivity index (χ3n) is 2.08. The average Bonchev–Trinajstić information content (AvgIpc) is 2.18. The maximum atomic E-state index is 9.02. The number of methoxy groups -OCH3 is 1. The summed E-state index contributed by atoms with van der Waals surface area (Å²) in [4.78, 5) is 0. The van der Waals surface area contributed by atoms with E-state index >= 15 is 0 Å². The molecule has 0 spiro atoms. The molecule has 0 radical (unpaired) electrons. The van der Waals surface area contributed by atoms with Crippen molar-refractivity contribution < 1.29 is 9.84 Å². The predicted molar refractivity (Wildman–Crippen MR) is 58.9 cm³/mol. The van der Waals surface area contributed by atoms with E-state index in [0.717, 1.165) is 11.3 Å². The average molecular weight is 218 g/mol. The first kappa shape index (κ1) is 13.2. The molecule has 1 unspecified atom stereocenters. The van der Waals surface area contributed by atoms with Crippen LogP contribution in [0.4, 0.5) is 0 Å². The summed E-state index contributed by atoms with van der Waals surface area (Å²) in [6.45, 7) is 1.72. The standard InChI is InChI=1S/C10H15NO2.ClH/c1-10(11,7-12)8-3-5-9(13-2)6-4-8;/h3-6,12H,7,11H2,1-2H3;1H. The summed E-state index contributed by atoms with van der Waals surface area (Å²) in [5, 5.41) is 9.02. The Kier molecular flexibility index (Phi) is 4.91. The highest BCUT2D eigenvalue weighted by atomic mass is 35.5. The van der Waals surface area contributed by atoms with Crippen LogP contribution < -0.4 is 10.5 Å². The molecule has 0 saturated carbocycles.